The second-order valence-corrected chi connectivity index (χ2v) is 5.07. The molecule has 1 aliphatic heterocycles. The Labute approximate surface area is 119 Å². The molecule has 0 aromatic heterocycles. The fourth-order valence-corrected chi connectivity index (χ4v) is 2.37. The van der Waals surface area contributed by atoms with Crippen molar-refractivity contribution in [3.05, 3.63) is 34.9 Å². The van der Waals surface area contributed by atoms with Crippen molar-refractivity contribution in [2.24, 2.45) is 0 Å². The van der Waals surface area contributed by atoms with E-state index in [0.717, 1.165) is 11.1 Å². The molecule has 20 heavy (non-hydrogen) atoms. The molecular formula is C16H19NO3. The number of carbonyl (C=O) groups excluding carboxylic acids is 1. The highest BCUT2D eigenvalue weighted by Gasteiger charge is 2.22. The van der Waals surface area contributed by atoms with Gasteiger partial charge in [-0.2, -0.15) is 0 Å². The van der Waals surface area contributed by atoms with Crippen molar-refractivity contribution in [1.29, 1.82) is 0 Å². The Kier molecular flexibility index (Phi) is 4.78. The highest BCUT2D eigenvalue weighted by Crippen LogP contribution is 2.16. The van der Waals surface area contributed by atoms with Crippen LogP contribution in [-0.4, -0.2) is 46.8 Å². The quantitative estimate of drug-likeness (QED) is 0.749. The summed E-state index contributed by atoms with van der Waals surface area (Å²) in [5, 5.41) is 18.2. The molecule has 1 fully saturated rings. The predicted octanol–water partition coefficient (Wildman–Crippen LogP) is 0.936. The minimum absolute atomic E-state index is 0.0207. The van der Waals surface area contributed by atoms with Gasteiger partial charge in [0.05, 0.1) is 6.10 Å². The van der Waals surface area contributed by atoms with Gasteiger partial charge in [0.1, 0.15) is 6.61 Å². The zero-order valence-corrected chi connectivity index (χ0v) is 11.6. The lowest BCUT2D eigenvalue weighted by Crippen LogP contribution is -2.40. The smallest absolute Gasteiger partial charge is 0.253 e. The van der Waals surface area contributed by atoms with Gasteiger partial charge in [-0.05, 0) is 43.5 Å². The van der Waals surface area contributed by atoms with Crippen LogP contribution in [0.5, 0.6) is 0 Å². The van der Waals surface area contributed by atoms with Gasteiger partial charge in [-0.1, -0.05) is 11.8 Å². The molecule has 4 heteroatoms. The molecule has 0 saturated carbocycles. The molecule has 1 saturated heterocycles. The summed E-state index contributed by atoms with van der Waals surface area (Å²) >= 11 is 0. The van der Waals surface area contributed by atoms with Crippen LogP contribution in [0.1, 0.15) is 34.3 Å². The van der Waals surface area contributed by atoms with Gasteiger partial charge in [-0.3, -0.25) is 4.79 Å². The molecule has 1 aliphatic rings. The molecule has 1 aromatic carbocycles. The van der Waals surface area contributed by atoms with E-state index in [0.29, 0.717) is 31.5 Å². The SMILES string of the molecule is Cc1cc(C#CCO)cc(C(=O)N2CCC(O)CC2)c1. The van der Waals surface area contributed by atoms with Crippen molar-refractivity contribution < 1.29 is 15.0 Å². The highest BCUT2D eigenvalue weighted by atomic mass is 16.3. The third-order valence-corrected chi connectivity index (χ3v) is 3.39. The van der Waals surface area contributed by atoms with Crippen molar-refractivity contribution in [2.75, 3.05) is 19.7 Å². The summed E-state index contributed by atoms with van der Waals surface area (Å²) < 4.78 is 0. The molecule has 106 valence electrons. The van der Waals surface area contributed by atoms with E-state index in [1.54, 1.807) is 11.0 Å². The van der Waals surface area contributed by atoms with E-state index < -0.39 is 0 Å². The number of carbonyl (C=O) groups is 1. The van der Waals surface area contributed by atoms with Crippen molar-refractivity contribution in [2.45, 2.75) is 25.9 Å². The number of piperidine rings is 1. The first kappa shape index (κ1) is 14.6. The molecule has 4 nitrogen and oxygen atoms in total. The minimum atomic E-state index is -0.289. The molecule has 0 aliphatic carbocycles. The molecule has 1 heterocycles. The van der Waals surface area contributed by atoms with E-state index >= 15 is 0 Å². The molecular weight excluding hydrogens is 254 g/mol. The molecule has 0 spiro atoms. The third-order valence-electron chi connectivity index (χ3n) is 3.39. The van der Waals surface area contributed by atoms with Crippen LogP contribution in [0.3, 0.4) is 0 Å². The summed E-state index contributed by atoms with van der Waals surface area (Å²) in [6.45, 7) is 2.90. The molecule has 0 radical (unpaired) electrons. The van der Waals surface area contributed by atoms with Crippen LogP contribution >= 0.6 is 0 Å². The number of rotatable bonds is 1. The Morgan fingerprint density at radius 2 is 2.05 bits per heavy atom. The van der Waals surface area contributed by atoms with Crippen molar-refractivity contribution in [3.8, 4) is 11.8 Å². The molecule has 0 unspecified atom stereocenters. The van der Waals surface area contributed by atoms with E-state index in [1.807, 2.05) is 19.1 Å². The van der Waals surface area contributed by atoms with Gasteiger partial charge >= 0.3 is 0 Å². The first-order valence-electron chi connectivity index (χ1n) is 6.79. The number of benzene rings is 1. The van der Waals surface area contributed by atoms with E-state index in [1.165, 1.54) is 0 Å². The van der Waals surface area contributed by atoms with E-state index in [-0.39, 0.29) is 18.6 Å². The summed E-state index contributed by atoms with van der Waals surface area (Å²) in [5.41, 5.74) is 2.32. The first-order valence-corrected chi connectivity index (χ1v) is 6.79. The van der Waals surface area contributed by atoms with Crippen LogP contribution in [-0.2, 0) is 0 Å². The van der Waals surface area contributed by atoms with Gasteiger partial charge in [0.15, 0.2) is 0 Å². The van der Waals surface area contributed by atoms with Crippen molar-refractivity contribution in [3.63, 3.8) is 0 Å². The number of hydrogen-bond donors (Lipinski definition) is 2. The third kappa shape index (κ3) is 3.60. The molecule has 0 atom stereocenters. The Balaban J connectivity index is 2.19. The maximum absolute atomic E-state index is 12.4. The molecule has 1 amide bonds. The summed E-state index contributed by atoms with van der Waals surface area (Å²) in [6, 6.07) is 5.49. The number of nitrogens with zero attached hydrogens (tertiary/aromatic N) is 1. The molecule has 2 N–H and O–H groups in total. The van der Waals surface area contributed by atoms with Gasteiger partial charge in [0.25, 0.3) is 5.91 Å². The Morgan fingerprint density at radius 3 is 2.70 bits per heavy atom. The van der Waals surface area contributed by atoms with Crippen LogP contribution < -0.4 is 0 Å². The average molecular weight is 273 g/mol. The van der Waals surface area contributed by atoms with Crippen LogP contribution in [0.25, 0.3) is 0 Å². The molecule has 0 bridgehead atoms. The van der Waals surface area contributed by atoms with Gasteiger partial charge in [0, 0.05) is 24.2 Å². The van der Waals surface area contributed by atoms with Gasteiger partial charge < -0.3 is 15.1 Å². The summed E-state index contributed by atoms with van der Waals surface area (Å²) in [4.78, 5) is 14.2. The van der Waals surface area contributed by atoms with Crippen LogP contribution in [0.15, 0.2) is 18.2 Å². The summed E-state index contributed by atoms with van der Waals surface area (Å²) in [7, 11) is 0. The number of amides is 1. The number of hydrogen-bond acceptors (Lipinski definition) is 3. The van der Waals surface area contributed by atoms with Crippen LogP contribution in [0.4, 0.5) is 0 Å². The monoisotopic (exact) mass is 273 g/mol. The second kappa shape index (κ2) is 6.56. The normalized spacial score (nSPS) is 15.7. The zero-order valence-electron chi connectivity index (χ0n) is 11.6. The zero-order chi connectivity index (χ0) is 14.5. The first-order chi connectivity index (χ1) is 9.60. The van der Waals surface area contributed by atoms with Gasteiger partial charge in [0.2, 0.25) is 0 Å². The lowest BCUT2D eigenvalue weighted by Gasteiger charge is -2.29. The maximum atomic E-state index is 12.4. The standard InChI is InChI=1S/C16H19NO3/c1-12-9-13(3-2-8-18)11-14(10-12)16(20)17-6-4-15(19)5-7-17/h9-11,15,18-19H,4-8H2,1H3. The lowest BCUT2D eigenvalue weighted by molar-refractivity contribution is 0.0546. The average Bonchev–Trinajstić information content (AvgIpc) is 2.44. The Morgan fingerprint density at radius 1 is 1.35 bits per heavy atom. The maximum Gasteiger partial charge on any atom is 0.253 e. The Hall–Kier alpha value is -1.83. The van der Waals surface area contributed by atoms with E-state index in [4.69, 9.17) is 5.11 Å². The molecule has 1 aromatic rings. The lowest BCUT2D eigenvalue weighted by atomic mass is 10.0. The van der Waals surface area contributed by atoms with E-state index in [9.17, 15) is 9.90 Å². The number of aliphatic hydroxyl groups excluding tert-OH is 2. The van der Waals surface area contributed by atoms with Crippen LogP contribution in [0.2, 0.25) is 0 Å². The summed E-state index contributed by atoms with van der Waals surface area (Å²) in [5.74, 6) is 5.40. The number of aliphatic hydroxyl groups is 2. The largest absolute Gasteiger partial charge is 0.393 e. The number of likely N-dealkylation sites (tertiary alicyclic amines) is 1. The highest BCUT2D eigenvalue weighted by molar-refractivity contribution is 5.94. The van der Waals surface area contributed by atoms with E-state index in [2.05, 4.69) is 11.8 Å². The predicted molar refractivity (Wildman–Crippen MR) is 76.3 cm³/mol. The fourth-order valence-electron chi connectivity index (χ4n) is 2.37. The minimum Gasteiger partial charge on any atom is -0.393 e. The van der Waals surface area contributed by atoms with Crippen molar-refractivity contribution in [1.82, 2.24) is 4.90 Å². The summed E-state index contributed by atoms with van der Waals surface area (Å²) in [6.07, 6.45) is 0.978. The van der Waals surface area contributed by atoms with Crippen molar-refractivity contribution >= 4 is 5.91 Å². The molecule has 2 rings (SSSR count). The van der Waals surface area contributed by atoms with Gasteiger partial charge in [-0.15, -0.1) is 0 Å². The fraction of sp³-hybridized carbons (Fsp3) is 0.438. The van der Waals surface area contributed by atoms with Gasteiger partial charge in [-0.25, -0.2) is 0 Å². The topological polar surface area (TPSA) is 60.8 Å². The van der Waals surface area contributed by atoms with Crippen LogP contribution in [0, 0.1) is 18.8 Å². The number of aryl methyl sites for hydroxylation is 1. The second-order valence-electron chi connectivity index (χ2n) is 5.07. The Bertz CT molecular complexity index is 549.